The number of nitrogens with one attached hydrogen (secondary N) is 1. The molecule has 2 saturated heterocycles. The van der Waals surface area contributed by atoms with Crippen LogP contribution in [0.5, 0.6) is 0 Å². The van der Waals surface area contributed by atoms with E-state index in [1.807, 2.05) is 0 Å². The number of carbonyl (C=O) groups excluding carboxylic acids is 1. The summed E-state index contributed by atoms with van der Waals surface area (Å²) in [7, 11) is -2.27. The highest BCUT2D eigenvalue weighted by Gasteiger charge is 2.41. The van der Waals surface area contributed by atoms with E-state index in [-0.39, 0.29) is 17.3 Å². The van der Waals surface area contributed by atoms with Crippen molar-refractivity contribution in [3.63, 3.8) is 0 Å². The monoisotopic (exact) mass is 360 g/mol. The van der Waals surface area contributed by atoms with Gasteiger partial charge in [-0.15, -0.1) is 12.4 Å². The summed E-state index contributed by atoms with van der Waals surface area (Å²) < 4.78 is 31.8. The predicted octanol–water partition coefficient (Wildman–Crippen LogP) is 1.04. The highest BCUT2D eigenvalue weighted by Crippen LogP contribution is 2.31. The highest BCUT2D eigenvalue weighted by atomic mass is 35.5. The quantitative estimate of drug-likeness (QED) is 0.815. The normalized spacial score (nSPS) is 24.1. The first-order valence-electron chi connectivity index (χ1n) is 7.33. The van der Waals surface area contributed by atoms with Gasteiger partial charge in [0.15, 0.2) is 0 Å². The third-order valence-corrected chi connectivity index (χ3v) is 6.44. The number of halogens is 1. The van der Waals surface area contributed by atoms with Crippen LogP contribution in [0.25, 0.3) is 0 Å². The molecule has 2 aliphatic rings. The second kappa shape index (κ2) is 6.76. The summed E-state index contributed by atoms with van der Waals surface area (Å²) >= 11 is 0. The lowest BCUT2D eigenvalue weighted by molar-refractivity contribution is 0.0599. The van der Waals surface area contributed by atoms with Crippen molar-refractivity contribution in [1.82, 2.24) is 9.62 Å². The molecule has 1 N–H and O–H groups in total. The first-order chi connectivity index (χ1) is 10.4. The van der Waals surface area contributed by atoms with E-state index >= 15 is 0 Å². The standard InChI is InChI=1S/C15H20N2O4S.ClH/c1-10-3-4-13(5-14(10)15(18)21-2)22(19,20)17-8-11-6-16-7-12(11)9-17;/h3-5,11-12,16H,6-9H2,1-2H3;1H/t11-,12+;. The summed E-state index contributed by atoms with van der Waals surface area (Å²) in [5, 5.41) is 3.29. The Labute approximate surface area is 142 Å². The molecule has 2 heterocycles. The average Bonchev–Trinajstić information content (AvgIpc) is 3.08. The van der Waals surface area contributed by atoms with Gasteiger partial charge in [0.2, 0.25) is 10.0 Å². The molecule has 0 aliphatic carbocycles. The Morgan fingerprint density at radius 3 is 2.43 bits per heavy atom. The zero-order valence-electron chi connectivity index (χ0n) is 13.1. The van der Waals surface area contributed by atoms with Crippen LogP contribution in [0.15, 0.2) is 23.1 Å². The first-order valence-corrected chi connectivity index (χ1v) is 8.77. The number of hydrogen-bond acceptors (Lipinski definition) is 5. The second-order valence-electron chi connectivity index (χ2n) is 5.97. The number of esters is 1. The number of hydrogen-bond donors (Lipinski definition) is 1. The third-order valence-electron chi connectivity index (χ3n) is 4.61. The number of sulfonamides is 1. The molecule has 3 rings (SSSR count). The highest BCUT2D eigenvalue weighted by molar-refractivity contribution is 7.89. The van der Waals surface area contributed by atoms with Crippen LogP contribution < -0.4 is 5.32 Å². The van der Waals surface area contributed by atoms with Crippen molar-refractivity contribution < 1.29 is 17.9 Å². The largest absolute Gasteiger partial charge is 0.465 e. The molecule has 2 atom stereocenters. The fourth-order valence-electron chi connectivity index (χ4n) is 3.25. The fraction of sp³-hybridized carbons (Fsp3) is 0.533. The fourth-order valence-corrected chi connectivity index (χ4v) is 4.83. The van der Waals surface area contributed by atoms with Crippen molar-refractivity contribution in [3.05, 3.63) is 29.3 Å². The van der Waals surface area contributed by atoms with Gasteiger partial charge in [-0.2, -0.15) is 4.31 Å². The number of nitrogens with zero attached hydrogens (tertiary/aromatic N) is 1. The predicted molar refractivity (Wildman–Crippen MR) is 88.4 cm³/mol. The van der Waals surface area contributed by atoms with Crippen molar-refractivity contribution >= 4 is 28.4 Å². The number of carbonyl (C=O) groups is 1. The SMILES string of the molecule is COC(=O)c1cc(S(=O)(=O)N2C[C@H]3CNC[C@H]3C2)ccc1C.Cl. The molecule has 23 heavy (non-hydrogen) atoms. The van der Waals surface area contributed by atoms with Gasteiger partial charge in [-0.3, -0.25) is 0 Å². The molecule has 0 saturated carbocycles. The maximum absolute atomic E-state index is 12.8. The molecule has 128 valence electrons. The zero-order valence-corrected chi connectivity index (χ0v) is 14.7. The van der Waals surface area contributed by atoms with E-state index in [4.69, 9.17) is 4.74 Å². The van der Waals surface area contributed by atoms with Crippen molar-refractivity contribution in [2.24, 2.45) is 11.8 Å². The summed E-state index contributed by atoms with van der Waals surface area (Å²) in [5.41, 5.74) is 0.998. The van der Waals surface area contributed by atoms with Crippen LogP contribution in [0.3, 0.4) is 0 Å². The minimum Gasteiger partial charge on any atom is -0.465 e. The van der Waals surface area contributed by atoms with Gasteiger partial charge in [-0.25, -0.2) is 13.2 Å². The number of fused-ring (bicyclic) bond motifs is 1. The number of ether oxygens (including phenoxy) is 1. The molecule has 6 nitrogen and oxygen atoms in total. The van der Waals surface area contributed by atoms with Crippen LogP contribution >= 0.6 is 12.4 Å². The van der Waals surface area contributed by atoms with E-state index in [2.05, 4.69) is 5.32 Å². The molecule has 2 aliphatic heterocycles. The van der Waals surface area contributed by atoms with Crippen LogP contribution in [0, 0.1) is 18.8 Å². The molecule has 1 aromatic carbocycles. The van der Waals surface area contributed by atoms with Gasteiger partial charge < -0.3 is 10.1 Å². The van der Waals surface area contributed by atoms with Gasteiger partial charge in [0.25, 0.3) is 0 Å². The summed E-state index contributed by atoms with van der Waals surface area (Å²) in [6, 6.07) is 4.63. The van der Waals surface area contributed by atoms with E-state index < -0.39 is 16.0 Å². The minimum atomic E-state index is -3.56. The number of rotatable bonds is 3. The Kier molecular flexibility index (Phi) is 5.35. The van der Waals surface area contributed by atoms with Crippen molar-refractivity contribution in [2.45, 2.75) is 11.8 Å². The Bertz CT molecular complexity index is 695. The Balaban J connectivity index is 0.00000192. The first kappa shape index (κ1) is 18.2. The smallest absolute Gasteiger partial charge is 0.338 e. The third kappa shape index (κ3) is 3.24. The van der Waals surface area contributed by atoms with E-state index in [1.165, 1.54) is 17.5 Å². The van der Waals surface area contributed by atoms with Gasteiger partial charge in [0, 0.05) is 13.1 Å². The van der Waals surface area contributed by atoms with Gasteiger partial charge in [-0.05, 0) is 49.5 Å². The molecule has 1 aromatic rings. The molecule has 0 amide bonds. The summed E-state index contributed by atoms with van der Waals surface area (Å²) in [6.07, 6.45) is 0. The topological polar surface area (TPSA) is 75.7 Å². The number of aryl methyl sites for hydroxylation is 1. The molecule has 0 unspecified atom stereocenters. The Morgan fingerprint density at radius 1 is 1.26 bits per heavy atom. The van der Waals surface area contributed by atoms with Crippen LogP contribution in [0.1, 0.15) is 15.9 Å². The lowest BCUT2D eigenvalue weighted by Crippen LogP contribution is -2.32. The molecule has 8 heteroatoms. The molecule has 0 aromatic heterocycles. The van der Waals surface area contributed by atoms with Gasteiger partial charge in [0.05, 0.1) is 17.6 Å². The summed E-state index contributed by atoms with van der Waals surface area (Å²) in [4.78, 5) is 11.9. The van der Waals surface area contributed by atoms with Crippen LogP contribution in [-0.4, -0.2) is 52.0 Å². The molecular formula is C15H21ClN2O4S. The van der Waals surface area contributed by atoms with Crippen LogP contribution in [-0.2, 0) is 14.8 Å². The summed E-state index contributed by atoms with van der Waals surface area (Å²) in [5.74, 6) is 0.262. The molecule has 2 fully saturated rings. The molecule has 0 spiro atoms. The average molecular weight is 361 g/mol. The lowest BCUT2D eigenvalue weighted by atomic mass is 10.0. The Hall–Kier alpha value is -1.15. The maximum atomic E-state index is 12.8. The van der Waals surface area contributed by atoms with Gasteiger partial charge >= 0.3 is 5.97 Å². The number of methoxy groups -OCH3 is 1. The molecule has 0 radical (unpaired) electrons. The molecular weight excluding hydrogens is 340 g/mol. The summed E-state index contributed by atoms with van der Waals surface area (Å²) in [6.45, 7) is 4.59. The number of benzene rings is 1. The Morgan fingerprint density at radius 2 is 1.87 bits per heavy atom. The van der Waals surface area contributed by atoms with Crippen LogP contribution in [0.4, 0.5) is 0 Å². The second-order valence-corrected chi connectivity index (χ2v) is 7.91. The van der Waals surface area contributed by atoms with E-state index in [0.29, 0.717) is 36.1 Å². The zero-order chi connectivity index (χ0) is 15.9. The van der Waals surface area contributed by atoms with E-state index in [9.17, 15) is 13.2 Å². The van der Waals surface area contributed by atoms with Crippen molar-refractivity contribution in [2.75, 3.05) is 33.3 Å². The van der Waals surface area contributed by atoms with Gasteiger partial charge in [-0.1, -0.05) is 6.07 Å². The van der Waals surface area contributed by atoms with Crippen molar-refractivity contribution in [3.8, 4) is 0 Å². The van der Waals surface area contributed by atoms with Crippen molar-refractivity contribution in [1.29, 1.82) is 0 Å². The minimum absolute atomic E-state index is 0. The van der Waals surface area contributed by atoms with E-state index in [0.717, 1.165) is 13.1 Å². The lowest BCUT2D eigenvalue weighted by Gasteiger charge is -2.18. The van der Waals surface area contributed by atoms with Crippen LogP contribution in [0.2, 0.25) is 0 Å². The van der Waals surface area contributed by atoms with E-state index in [1.54, 1.807) is 19.1 Å². The molecule has 0 bridgehead atoms. The van der Waals surface area contributed by atoms with Gasteiger partial charge in [0.1, 0.15) is 0 Å². The maximum Gasteiger partial charge on any atom is 0.338 e.